The molecule has 0 spiro atoms. The Morgan fingerprint density at radius 2 is 1.94 bits per heavy atom. The first kappa shape index (κ1) is 22.2. The molecule has 8 nitrogen and oxygen atoms in total. The fourth-order valence-electron chi connectivity index (χ4n) is 6.64. The first-order valence-corrected chi connectivity index (χ1v) is 11.8. The van der Waals surface area contributed by atoms with Gasteiger partial charge in [-0.15, -0.1) is 0 Å². The topological polar surface area (TPSA) is 101 Å². The molecule has 1 aromatic carbocycles. The van der Waals surface area contributed by atoms with Gasteiger partial charge in [-0.2, -0.15) is 0 Å². The van der Waals surface area contributed by atoms with Gasteiger partial charge in [0.1, 0.15) is 17.2 Å². The van der Waals surface area contributed by atoms with Gasteiger partial charge in [0.05, 0.1) is 18.7 Å². The van der Waals surface area contributed by atoms with Gasteiger partial charge >= 0.3 is 0 Å². The van der Waals surface area contributed by atoms with Crippen LogP contribution in [0.5, 0.6) is 5.75 Å². The van der Waals surface area contributed by atoms with E-state index >= 15 is 0 Å². The molecule has 2 aliphatic heterocycles. The van der Waals surface area contributed by atoms with E-state index in [4.69, 9.17) is 4.74 Å². The van der Waals surface area contributed by atoms with Gasteiger partial charge in [-0.1, -0.05) is 19.9 Å². The zero-order valence-electron chi connectivity index (χ0n) is 19.4. The summed E-state index contributed by atoms with van der Waals surface area (Å²) < 4.78 is 35.0. The molecule has 2 aromatic rings. The Bertz CT molecular complexity index is 1340. The van der Waals surface area contributed by atoms with Crippen LogP contribution >= 0.6 is 0 Å². The minimum absolute atomic E-state index is 0.0102. The van der Waals surface area contributed by atoms with Gasteiger partial charge in [-0.05, 0) is 30.7 Å². The standard InChI is InChI=1S/C25H25F2N3O5/c1-9-17-18(9)23-10(2)19(17)30-16(35-23)8-29-7-14(21(31)22(32)20(29)25(30)34)24(33)28-11(3)13-5-4-12(26)6-15(13)27/h4-7,9-11,16-19,23,32H,8H2,1-3H3,(H,28,33)/t9-,10-,11-,16-,17+,18-,19?,23?/m1/s1. The summed E-state index contributed by atoms with van der Waals surface area (Å²) >= 11 is 0. The number of nitrogens with one attached hydrogen (secondary N) is 1. The number of aromatic nitrogens is 1. The summed E-state index contributed by atoms with van der Waals surface area (Å²) in [6.07, 6.45) is 0.742. The lowest BCUT2D eigenvalue weighted by atomic mass is 9.90. The first-order chi connectivity index (χ1) is 16.6. The lowest BCUT2D eigenvalue weighted by molar-refractivity contribution is -0.171. The van der Waals surface area contributed by atoms with Crippen molar-refractivity contribution in [1.29, 1.82) is 0 Å². The van der Waals surface area contributed by atoms with Crippen molar-refractivity contribution in [3.63, 3.8) is 0 Å². The molecule has 1 aromatic heterocycles. The minimum Gasteiger partial charge on any atom is -0.503 e. The highest BCUT2D eigenvalue weighted by Crippen LogP contribution is 2.64. The number of hydrogen-bond donors (Lipinski definition) is 2. The highest BCUT2D eigenvalue weighted by atomic mass is 19.1. The van der Waals surface area contributed by atoms with Crippen molar-refractivity contribution >= 4 is 11.8 Å². The van der Waals surface area contributed by atoms with Gasteiger partial charge < -0.3 is 24.6 Å². The van der Waals surface area contributed by atoms with Crippen LogP contribution in [0.15, 0.2) is 29.2 Å². The molecule has 35 heavy (non-hydrogen) atoms. The molecule has 2 amide bonds. The molecule has 4 aliphatic rings. The number of hydrogen-bond acceptors (Lipinski definition) is 5. The molecule has 3 fully saturated rings. The molecule has 0 radical (unpaired) electrons. The molecule has 2 aliphatic carbocycles. The van der Waals surface area contributed by atoms with E-state index in [1.165, 1.54) is 23.8 Å². The molecule has 6 rings (SSSR count). The van der Waals surface area contributed by atoms with Crippen LogP contribution in [-0.2, 0) is 11.3 Å². The number of aromatic hydroxyl groups is 1. The van der Waals surface area contributed by atoms with Crippen molar-refractivity contribution < 1.29 is 28.2 Å². The predicted octanol–water partition coefficient (Wildman–Crippen LogP) is 2.40. The smallest absolute Gasteiger partial charge is 0.276 e. The molecule has 2 bridgehead atoms. The van der Waals surface area contributed by atoms with Crippen LogP contribution in [0.25, 0.3) is 0 Å². The Kier molecular flexibility index (Phi) is 4.67. The average Bonchev–Trinajstić information content (AvgIpc) is 3.40. The average molecular weight is 485 g/mol. The SMILES string of the molecule is C[C@H]1C2O[C@@H]3Cn4cc(C(=O)N[C@H](C)c5ccc(F)cc5F)c(=O)c(O)c4C(=O)N3C1[C@H]1[C@@H](C)[C@@H]21. The van der Waals surface area contributed by atoms with E-state index in [9.17, 15) is 28.3 Å². The zero-order valence-corrected chi connectivity index (χ0v) is 19.4. The second-order valence-electron chi connectivity index (χ2n) is 10.2. The molecule has 1 saturated heterocycles. The van der Waals surface area contributed by atoms with Gasteiger partial charge in [0.2, 0.25) is 5.43 Å². The Morgan fingerprint density at radius 1 is 1.20 bits per heavy atom. The van der Waals surface area contributed by atoms with E-state index < -0.39 is 46.9 Å². The van der Waals surface area contributed by atoms with Crippen LogP contribution in [0, 0.1) is 35.3 Å². The van der Waals surface area contributed by atoms with Crippen molar-refractivity contribution in [3.8, 4) is 5.75 Å². The maximum atomic E-state index is 14.1. The van der Waals surface area contributed by atoms with E-state index in [0.29, 0.717) is 23.8 Å². The number of carbonyl (C=O) groups is 2. The van der Waals surface area contributed by atoms with Crippen LogP contribution < -0.4 is 10.7 Å². The summed E-state index contributed by atoms with van der Waals surface area (Å²) in [6.45, 7) is 5.88. The van der Waals surface area contributed by atoms with Gasteiger partial charge in [0.25, 0.3) is 11.8 Å². The third-order valence-electron chi connectivity index (χ3n) is 8.36. The Morgan fingerprint density at radius 3 is 2.66 bits per heavy atom. The fourth-order valence-corrected chi connectivity index (χ4v) is 6.64. The summed E-state index contributed by atoms with van der Waals surface area (Å²) in [6, 6.07) is 2.10. The first-order valence-electron chi connectivity index (χ1n) is 11.8. The maximum absolute atomic E-state index is 14.1. The molecule has 8 atom stereocenters. The number of halogens is 2. The molecule has 2 saturated carbocycles. The van der Waals surface area contributed by atoms with E-state index in [1.807, 2.05) is 0 Å². The highest BCUT2D eigenvalue weighted by molar-refractivity contribution is 5.99. The van der Waals surface area contributed by atoms with E-state index in [2.05, 4.69) is 19.2 Å². The van der Waals surface area contributed by atoms with Crippen LogP contribution in [-0.4, -0.2) is 44.8 Å². The number of fused-ring (bicyclic) bond motifs is 8. The summed E-state index contributed by atoms with van der Waals surface area (Å²) in [5.41, 5.74) is -1.49. The molecule has 3 heterocycles. The number of benzene rings is 1. The van der Waals surface area contributed by atoms with Crippen molar-refractivity contribution in [2.24, 2.45) is 23.7 Å². The number of carbonyl (C=O) groups excluding carboxylic acids is 2. The quantitative estimate of drug-likeness (QED) is 0.696. The summed E-state index contributed by atoms with van der Waals surface area (Å²) in [5.74, 6) is -2.33. The minimum atomic E-state index is -0.986. The number of ether oxygens (including phenoxy) is 1. The predicted molar refractivity (Wildman–Crippen MR) is 119 cm³/mol. The third kappa shape index (κ3) is 3.01. The Labute approximate surface area is 199 Å². The zero-order chi connectivity index (χ0) is 24.9. The second kappa shape index (κ2) is 7.36. The highest BCUT2D eigenvalue weighted by Gasteiger charge is 2.70. The van der Waals surface area contributed by atoms with E-state index in [0.717, 1.165) is 6.07 Å². The van der Waals surface area contributed by atoms with Crippen molar-refractivity contribution in [1.82, 2.24) is 14.8 Å². The normalized spacial score (nSPS) is 33.0. The largest absolute Gasteiger partial charge is 0.503 e. The molecule has 2 N–H and O–H groups in total. The number of nitrogens with zero attached hydrogens (tertiary/aromatic N) is 2. The number of amides is 2. The number of pyridine rings is 1. The van der Waals surface area contributed by atoms with E-state index in [-0.39, 0.29) is 41.4 Å². The summed E-state index contributed by atoms with van der Waals surface area (Å²) in [4.78, 5) is 41.0. The maximum Gasteiger partial charge on any atom is 0.276 e. The second-order valence-corrected chi connectivity index (χ2v) is 10.2. The Balaban J connectivity index is 1.32. The molecule has 10 heteroatoms. The molecular formula is C25H25F2N3O5. The Hall–Kier alpha value is -3.27. The molecule has 2 unspecified atom stereocenters. The molecular weight excluding hydrogens is 460 g/mol. The monoisotopic (exact) mass is 485 g/mol. The number of rotatable bonds is 3. The van der Waals surface area contributed by atoms with E-state index in [1.54, 1.807) is 4.90 Å². The van der Waals surface area contributed by atoms with Crippen LogP contribution in [0.2, 0.25) is 0 Å². The van der Waals surface area contributed by atoms with Gasteiger partial charge in [-0.3, -0.25) is 14.4 Å². The lowest BCUT2D eigenvalue weighted by Gasteiger charge is -2.49. The van der Waals surface area contributed by atoms with Crippen molar-refractivity contribution in [2.45, 2.75) is 51.7 Å². The molecule has 184 valence electrons. The van der Waals surface area contributed by atoms with Gasteiger partial charge in [0.15, 0.2) is 17.7 Å². The van der Waals surface area contributed by atoms with Gasteiger partial charge in [-0.25, -0.2) is 8.78 Å². The van der Waals surface area contributed by atoms with Crippen LogP contribution in [0.4, 0.5) is 8.78 Å². The summed E-state index contributed by atoms with van der Waals surface area (Å²) in [5, 5.41) is 13.2. The van der Waals surface area contributed by atoms with Crippen LogP contribution in [0.3, 0.4) is 0 Å². The summed E-state index contributed by atoms with van der Waals surface area (Å²) in [7, 11) is 0. The van der Waals surface area contributed by atoms with Gasteiger partial charge in [0, 0.05) is 29.8 Å². The fraction of sp³-hybridized carbons (Fsp3) is 0.480. The third-order valence-corrected chi connectivity index (χ3v) is 8.36. The van der Waals surface area contributed by atoms with Crippen LogP contribution in [0.1, 0.15) is 53.2 Å². The van der Waals surface area contributed by atoms with Crippen molar-refractivity contribution in [3.05, 3.63) is 63.1 Å². The lowest BCUT2D eigenvalue weighted by Crippen LogP contribution is -2.61. The van der Waals surface area contributed by atoms with Crippen molar-refractivity contribution in [2.75, 3.05) is 0 Å².